The van der Waals surface area contributed by atoms with E-state index in [0.29, 0.717) is 34.6 Å². The molecule has 8 heteroatoms. The van der Waals surface area contributed by atoms with Gasteiger partial charge in [-0.1, -0.05) is 18.5 Å². The number of aromatic nitrogens is 4. The Bertz CT molecular complexity index is 1290. The van der Waals surface area contributed by atoms with Crippen molar-refractivity contribution in [2.24, 2.45) is 11.8 Å². The number of rotatable bonds is 4. The highest BCUT2D eigenvalue weighted by molar-refractivity contribution is 6.33. The van der Waals surface area contributed by atoms with Crippen LogP contribution in [0.1, 0.15) is 37.8 Å². The minimum Gasteiger partial charge on any atom is -0.383 e. The van der Waals surface area contributed by atoms with Crippen LogP contribution in [0.3, 0.4) is 0 Å². The summed E-state index contributed by atoms with van der Waals surface area (Å²) in [6, 6.07) is 7.44. The summed E-state index contributed by atoms with van der Waals surface area (Å²) in [6.07, 6.45) is 7.65. The van der Waals surface area contributed by atoms with Crippen molar-refractivity contribution in [3.8, 4) is 0 Å². The fraction of sp³-hybridized carbons (Fsp3) is 0.348. The SMILES string of the molecule is CC(Cc1cc(F)c2cc(Cl)c(N)nc2c1)C1CCC(n2ccc3c(N)ncnc32)C1. The number of nitrogens with zero attached hydrogens (tertiary/aromatic N) is 4. The summed E-state index contributed by atoms with van der Waals surface area (Å²) >= 11 is 6.00. The van der Waals surface area contributed by atoms with E-state index in [1.54, 1.807) is 12.1 Å². The molecule has 1 fully saturated rings. The molecule has 3 heterocycles. The lowest BCUT2D eigenvalue weighted by Gasteiger charge is -2.20. The molecule has 3 atom stereocenters. The highest BCUT2D eigenvalue weighted by Gasteiger charge is 2.30. The maximum Gasteiger partial charge on any atom is 0.145 e. The zero-order valence-corrected chi connectivity index (χ0v) is 18.0. The van der Waals surface area contributed by atoms with Crippen molar-refractivity contribution in [1.82, 2.24) is 19.5 Å². The summed E-state index contributed by atoms with van der Waals surface area (Å²) < 4.78 is 16.9. The average molecular weight is 439 g/mol. The van der Waals surface area contributed by atoms with Crippen molar-refractivity contribution in [1.29, 1.82) is 0 Å². The molecule has 3 aromatic heterocycles. The van der Waals surface area contributed by atoms with E-state index in [9.17, 15) is 4.39 Å². The molecule has 0 saturated heterocycles. The van der Waals surface area contributed by atoms with E-state index < -0.39 is 0 Å². The Hall–Kier alpha value is -2.93. The van der Waals surface area contributed by atoms with Crippen molar-refractivity contribution in [3.63, 3.8) is 0 Å². The van der Waals surface area contributed by atoms with Crippen molar-refractivity contribution in [2.45, 2.75) is 38.6 Å². The van der Waals surface area contributed by atoms with Crippen molar-refractivity contribution < 1.29 is 4.39 Å². The molecule has 31 heavy (non-hydrogen) atoms. The number of nitrogens with two attached hydrogens (primary N) is 2. The van der Waals surface area contributed by atoms with Gasteiger partial charge in [-0.25, -0.2) is 19.3 Å². The highest BCUT2D eigenvalue weighted by atomic mass is 35.5. The monoisotopic (exact) mass is 438 g/mol. The lowest BCUT2D eigenvalue weighted by Crippen LogP contribution is -2.13. The highest BCUT2D eigenvalue weighted by Crippen LogP contribution is 2.41. The third-order valence-corrected chi connectivity index (χ3v) is 6.97. The van der Waals surface area contributed by atoms with E-state index >= 15 is 0 Å². The molecular formula is C23H24ClFN6. The van der Waals surface area contributed by atoms with Gasteiger partial charge < -0.3 is 16.0 Å². The van der Waals surface area contributed by atoms with Crippen molar-refractivity contribution in [2.75, 3.05) is 11.5 Å². The molecule has 0 amide bonds. The molecule has 1 aliphatic rings. The van der Waals surface area contributed by atoms with E-state index in [-0.39, 0.29) is 16.7 Å². The summed E-state index contributed by atoms with van der Waals surface area (Å²) in [6.45, 7) is 2.24. The molecule has 6 nitrogen and oxygen atoms in total. The number of halogens is 2. The normalized spacial score (nSPS) is 20.0. The third-order valence-electron chi connectivity index (χ3n) is 6.67. The number of fused-ring (bicyclic) bond motifs is 2. The van der Waals surface area contributed by atoms with Gasteiger partial charge in [0.15, 0.2) is 0 Å². The second-order valence-electron chi connectivity index (χ2n) is 8.63. The van der Waals surface area contributed by atoms with Crippen LogP contribution >= 0.6 is 11.6 Å². The Morgan fingerprint density at radius 1 is 1.16 bits per heavy atom. The molecule has 5 rings (SSSR count). The molecule has 4 N–H and O–H groups in total. The summed E-state index contributed by atoms with van der Waals surface area (Å²) in [5, 5.41) is 1.57. The quantitative estimate of drug-likeness (QED) is 0.459. The topological polar surface area (TPSA) is 95.6 Å². The van der Waals surface area contributed by atoms with Crippen LogP contribution in [-0.2, 0) is 6.42 Å². The molecule has 1 aliphatic carbocycles. The van der Waals surface area contributed by atoms with E-state index in [1.165, 1.54) is 6.33 Å². The smallest absolute Gasteiger partial charge is 0.145 e. The molecule has 3 unspecified atom stereocenters. The molecule has 0 bridgehead atoms. The van der Waals surface area contributed by atoms with E-state index in [2.05, 4.69) is 32.6 Å². The van der Waals surface area contributed by atoms with Gasteiger partial charge in [0.1, 0.15) is 29.4 Å². The van der Waals surface area contributed by atoms with E-state index in [1.807, 2.05) is 12.1 Å². The van der Waals surface area contributed by atoms with E-state index in [0.717, 1.165) is 42.3 Å². The average Bonchev–Trinajstić information content (AvgIpc) is 3.37. The van der Waals surface area contributed by atoms with Gasteiger partial charge in [0, 0.05) is 17.6 Å². The number of benzene rings is 1. The largest absolute Gasteiger partial charge is 0.383 e. The first kappa shape index (κ1) is 20.0. The summed E-state index contributed by atoms with van der Waals surface area (Å²) in [5.41, 5.74) is 14.2. The fourth-order valence-corrected chi connectivity index (χ4v) is 5.13. The van der Waals surface area contributed by atoms with Gasteiger partial charge >= 0.3 is 0 Å². The third kappa shape index (κ3) is 3.57. The molecular weight excluding hydrogens is 415 g/mol. The molecule has 0 spiro atoms. The lowest BCUT2D eigenvalue weighted by molar-refractivity contribution is 0.351. The first-order chi connectivity index (χ1) is 14.9. The Balaban J connectivity index is 1.34. The first-order valence-electron chi connectivity index (χ1n) is 10.5. The molecule has 1 aromatic carbocycles. The fourth-order valence-electron chi connectivity index (χ4n) is 4.98. The Labute approximate surface area is 184 Å². The molecule has 160 valence electrons. The van der Waals surface area contributed by atoms with Crippen LogP contribution in [0.15, 0.2) is 36.8 Å². The molecule has 4 aromatic rings. The number of nitrogen functional groups attached to an aromatic ring is 2. The van der Waals surface area contributed by atoms with Gasteiger partial charge in [-0.2, -0.15) is 0 Å². The maximum absolute atomic E-state index is 14.6. The molecule has 1 saturated carbocycles. The maximum atomic E-state index is 14.6. The number of pyridine rings is 1. The van der Waals surface area contributed by atoms with Gasteiger partial charge in [0.2, 0.25) is 0 Å². The van der Waals surface area contributed by atoms with Crippen LogP contribution in [0, 0.1) is 17.7 Å². The zero-order chi connectivity index (χ0) is 21.7. The van der Waals surface area contributed by atoms with Crippen LogP contribution in [-0.4, -0.2) is 19.5 Å². The predicted octanol–water partition coefficient (Wildman–Crippen LogP) is 5.16. The van der Waals surface area contributed by atoms with Crippen LogP contribution in [0.4, 0.5) is 16.0 Å². The van der Waals surface area contributed by atoms with E-state index in [4.69, 9.17) is 23.1 Å². The van der Waals surface area contributed by atoms with Crippen LogP contribution < -0.4 is 11.5 Å². The predicted molar refractivity (Wildman–Crippen MR) is 122 cm³/mol. The summed E-state index contributed by atoms with van der Waals surface area (Å²) in [5.74, 6) is 1.38. The lowest BCUT2D eigenvalue weighted by atomic mass is 9.87. The number of hydrogen-bond donors (Lipinski definition) is 2. The zero-order valence-electron chi connectivity index (χ0n) is 17.2. The second kappa shape index (κ2) is 7.64. The van der Waals surface area contributed by atoms with Gasteiger partial charge in [-0.3, -0.25) is 0 Å². The van der Waals surface area contributed by atoms with Gasteiger partial charge in [-0.05, 0) is 67.3 Å². The van der Waals surface area contributed by atoms with Crippen LogP contribution in [0.2, 0.25) is 5.02 Å². The molecule has 0 radical (unpaired) electrons. The Kier molecular flexibility index (Phi) is 4.93. The standard InChI is InChI=1S/C23H24ClFN6/c1-12(6-13-7-19(25)17-10-18(24)22(27)30-20(17)8-13)14-2-3-15(9-14)31-5-4-16-21(26)28-11-29-23(16)31/h4-5,7-8,10-12,14-15H,2-3,6,9H2,1H3,(H2,27,30)(H2,26,28,29). The van der Waals surface area contributed by atoms with Crippen LogP contribution in [0.25, 0.3) is 21.9 Å². The first-order valence-corrected chi connectivity index (χ1v) is 10.9. The second-order valence-corrected chi connectivity index (χ2v) is 9.03. The Morgan fingerprint density at radius 2 is 2.00 bits per heavy atom. The van der Waals surface area contributed by atoms with Crippen molar-refractivity contribution in [3.05, 3.63) is 53.2 Å². The minimum absolute atomic E-state index is 0.223. The summed E-state index contributed by atoms with van der Waals surface area (Å²) in [7, 11) is 0. The summed E-state index contributed by atoms with van der Waals surface area (Å²) in [4.78, 5) is 12.8. The Morgan fingerprint density at radius 3 is 2.84 bits per heavy atom. The number of hydrogen-bond acceptors (Lipinski definition) is 5. The van der Waals surface area contributed by atoms with Crippen LogP contribution in [0.5, 0.6) is 0 Å². The van der Waals surface area contributed by atoms with Gasteiger partial charge in [0.25, 0.3) is 0 Å². The number of anilines is 2. The van der Waals surface area contributed by atoms with Gasteiger partial charge in [0.05, 0.1) is 15.9 Å². The van der Waals surface area contributed by atoms with Gasteiger partial charge in [-0.15, -0.1) is 0 Å². The molecule has 0 aliphatic heterocycles. The van der Waals surface area contributed by atoms with Crippen molar-refractivity contribution >= 4 is 45.2 Å². The minimum atomic E-state index is -0.311.